The molecule has 0 aliphatic rings. The number of rotatable bonds is 4. The van der Waals surface area contributed by atoms with Crippen molar-refractivity contribution >= 4 is 45.9 Å². The maximum absolute atomic E-state index is 13.8. The SMILES string of the molecule is CCC(=O)Oc1c(C(=O)c2ccc(Cl)cc2)[nH]c2cc(Cl)c(F)cc12. The van der Waals surface area contributed by atoms with E-state index < -0.39 is 17.6 Å². The fourth-order valence-electron chi connectivity index (χ4n) is 2.36. The van der Waals surface area contributed by atoms with Crippen LogP contribution < -0.4 is 4.74 Å². The average molecular weight is 380 g/mol. The Labute approximate surface area is 152 Å². The molecule has 2 aromatic carbocycles. The number of esters is 1. The van der Waals surface area contributed by atoms with Crippen molar-refractivity contribution in [2.75, 3.05) is 0 Å². The molecule has 1 aromatic heterocycles. The first-order chi connectivity index (χ1) is 11.9. The number of hydrogen-bond donors (Lipinski definition) is 1. The van der Waals surface area contributed by atoms with Gasteiger partial charge in [0.2, 0.25) is 5.78 Å². The van der Waals surface area contributed by atoms with E-state index in [2.05, 4.69) is 4.98 Å². The van der Waals surface area contributed by atoms with E-state index in [-0.39, 0.29) is 28.3 Å². The summed E-state index contributed by atoms with van der Waals surface area (Å²) in [7, 11) is 0. The van der Waals surface area contributed by atoms with E-state index >= 15 is 0 Å². The number of benzene rings is 2. The molecule has 0 unspecified atom stereocenters. The van der Waals surface area contributed by atoms with Crippen molar-refractivity contribution in [1.82, 2.24) is 4.98 Å². The lowest BCUT2D eigenvalue weighted by atomic mass is 10.1. The van der Waals surface area contributed by atoms with E-state index in [0.29, 0.717) is 16.1 Å². The normalized spacial score (nSPS) is 10.9. The van der Waals surface area contributed by atoms with Crippen LogP contribution in [0, 0.1) is 5.82 Å². The minimum atomic E-state index is -0.674. The lowest BCUT2D eigenvalue weighted by Gasteiger charge is -2.05. The van der Waals surface area contributed by atoms with Crippen LogP contribution >= 0.6 is 23.2 Å². The Morgan fingerprint density at radius 2 is 1.84 bits per heavy atom. The molecule has 0 fully saturated rings. The molecule has 0 spiro atoms. The first kappa shape index (κ1) is 17.5. The van der Waals surface area contributed by atoms with Gasteiger partial charge in [-0.1, -0.05) is 30.1 Å². The molecule has 0 atom stereocenters. The highest BCUT2D eigenvalue weighted by molar-refractivity contribution is 6.31. The van der Waals surface area contributed by atoms with Gasteiger partial charge in [-0.25, -0.2) is 4.39 Å². The smallest absolute Gasteiger partial charge is 0.310 e. The third kappa shape index (κ3) is 3.38. The topological polar surface area (TPSA) is 59.2 Å². The zero-order chi connectivity index (χ0) is 18.1. The molecular weight excluding hydrogens is 368 g/mol. The van der Waals surface area contributed by atoms with Gasteiger partial charge in [-0.05, 0) is 36.4 Å². The van der Waals surface area contributed by atoms with E-state index in [0.717, 1.165) is 6.07 Å². The van der Waals surface area contributed by atoms with Gasteiger partial charge in [-0.15, -0.1) is 0 Å². The number of nitrogens with one attached hydrogen (secondary N) is 1. The molecule has 0 amide bonds. The van der Waals surface area contributed by atoms with Gasteiger partial charge < -0.3 is 9.72 Å². The number of H-pyrrole nitrogens is 1. The van der Waals surface area contributed by atoms with Crippen LogP contribution in [0.4, 0.5) is 4.39 Å². The van der Waals surface area contributed by atoms with Gasteiger partial charge in [0.15, 0.2) is 5.75 Å². The van der Waals surface area contributed by atoms with Crippen molar-refractivity contribution in [3.8, 4) is 5.75 Å². The second kappa shape index (κ2) is 6.86. The Morgan fingerprint density at radius 3 is 2.48 bits per heavy atom. The number of hydrogen-bond acceptors (Lipinski definition) is 3. The molecule has 0 saturated heterocycles. The standard InChI is InChI=1S/C18H12Cl2FNO3/c1-2-15(23)25-18-11-7-13(21)12(20)8-14(11)22-16(18)17(24)9-3-5-10(19)6-4-9/h3-8,22H,2H2,1H3. The van der Waals surface area contributed by atoms with Crippen molar-refractivity contribution in [3.63, 3.8) is 0 Å². The largest absolute Gasteiger partial charge is 0.423 e. The molecule has 0 radical (unpaired) electrons. The Kier molecular flexibility index (Phi) is 4.79. The highest BCUT2D eigenvalue weighted by Crippen LogP contribution is 2.35. The van der Waals surface area contributed by atoms with Crippen molar-refractivity contribution in [2.24, 2.45) is 0 Å². The summed E-state index contributed by atoms with van der Waals surface area (Å²) in [5.74, 6) is -1.64. The summed E-state index contributed by atoms with van der Waals surface area (Å²) in [5.41, 5.74) is 0.778. The van der Waals surface area contributed by atoms with Crippen LogP contribution in [0.1, 0.15) is 29.4 Å². The second-order valence-corrected chi connectivity index (χ2v) is 6.15. The molecule has 4 nitrogen and oxygen atoms in total. The monoisotopic (exact) mass is 379 g/mol. The molecule has 3 aromatic rings. The fourth-order valence-corrected chi connectivity index (χ4v) is 2.65. The van der Waals surface area contributed by atoms with Gasteiger partial charge in [0.05, 0.1) is 10.5 Å². The van der Waals surface area contributed by atoms with Crippen molar-refractivity contribution in [1.29, 1.82) is 0 Å². The Balaban J connectivity index is 2.18. The molecule has 0 aliphatic carbocycles. The quantitative estimate of drug-likeness (QED) is 0.502. The molecule has 7 heteroatoms. The average Bonchev–Trinajstić information content (AvgIpc) is 2.92. The number of halogens is 3. The van der Waals surface area contributed by atoms with Crippen LogP contribution in [-0.2, 0) is 4.79 Å². The van der Waals surface area contributed by atoms with Gasteiger partial charge >= 0.3 is 5.97 Å². The van der Waals surface area contributed by atoms with Gasteiger partial charge in [-0.3, -0.25) is 9.59 Å². The highest BCUT2D eigenvalue weighted by atomic mass is 35.5. The fraction of sp³-hybridized carbons (Fsp3) is 0.111. The van der Waals surface area contributed by atoms with Crippen LogP contribution in [0.3, 0.4) is 0 Å². The molecule has 0 bridgehead atoms. The molecular formula is C18H12Cl2FNO3. The first-order valence-corrected chi connectivity index (χ1v) is 8.18. The summed E-state index contributed by atoms with van der Waals surface area (Å²) < 4.78 is 19.1. The number of aromatic nitrogens is 1. The summed E-state index contributed by atoms with van der Waals surface area (Å²) >= 11 is 11.6. The van der Waals surface area contributed by atoms with Gasteiger partial charge in [-0.2, -0.15) is 0 Å². The predicted molar refractivity (Wildman–Crippen MR) is 94.1 cm³/mol. The Hall–Kier alpha value is -2.37. The lowest BCUT2D eigenvalue weighted by molar-refractivity contribution is -0.133. The molecule has 3 rings (SSSR count). The van der Waals surface area contributed by atoms with E-state index in [4.69, 9.17) is 27.9 Å². The minimum Gasteiger partial charge on any atom is -0.423 e. The zero-order valence-electron chi connectivity index (χ0n) is 13.0. The van der Waals surface area contributed by atoms with E-state index in [1.54, 1.807) is 31.2 Å². The van der Waals surface area contributed by atoms with Crippen LogP contribution in [0.2, 0.25) is 10.0 Å². The maximum atomic E-state index is 13.8. The number of ether oxygens (including phenoxy) is 1. The van der Waals surface area contributed by atoms with Gasteiger partial charge in [0.25, 0.3) is 0 Å². The van der Waals surface area contributed by atoms with Gasteiger partial charge in [0, 0.05) is 22.4 Å². The molecule has 128 valence electrons. The molecule has 0 aliphatic heterocycles. The molecule has 1 heterocycles. The van der Waals surface area contributed by atoms with Crippen molar-refractivity contribution in [2.45, 2.75) is 13.3 Å². The van der Waals surface area contributed by atoms with E-state index in [1.165, 1.54) is 6.07 Å². The van der Waals surface area contributed by atoms with Crippen LogP contribution in [-0.4, -0.2) is 16.7 Å². The number of carbonyl (C=O) groups excluding carboxylic acids is 2. The Bertz CT molecular complexity index is 980. The summed E-state index contributed by atoms with van der Waals surface area (Å²) in [5, 5.41) is 0.647. The maximum Gasteiger partial charge on any atom is 0.310 e. The summed E-state index contributed by atoms with van der Waals surface area (Å²) in [4.78, 5) is 27.4. The zero-order valence-corrected chi connectivity index (χ0v) is 14.5. The minimum absolute atomic E-state index is 0.0163. The van der Waals surface area contributed by atoms with Crippen molar-refractivity contribution in [3.05, 3.63) is 63.5 Å². The second-order valence-electron chi connectivity index (χ2n) is 5.30. The van der Waals surface area contributed by atoms with Crippen molar-refractivity contribution < 1.29 is 18.7 Å². The Morgan fingerprint density at radius 1 is 1.16 bits per heavy atom. The summed E-state index contributed by atoms with van der Waals surface area (Å²) in [6.07, 6.45) is 0.108. The predicted octanol–water partition coefficient (Wildman–Crippen LogP) is 5.16. The summed E-state index contributed by atoms with van der Waals surface area (Å²) in [6, 6.07) is 8.72. The molecule has 25 heavy (non-hydrogen) atoms. The van der Waals surface area contributed by atoms with E-state index in [1.807, 2.05) is 0 Å². The van der Waals surface area contributed by atoms with Gasteiger partial charge in [0.1, 0.15) is 11.5 Å². The number of carbonyl (C=O) groups is 2. The van der Waals surface area contributed by atoms with Crippen LogP contribution in [0.5, 0.6) is 5.75 Å². The number of fused-ring (bicyclic) bond motifs is 1. The molecule has 0 saturated carbocycles. The summed E-state index contributed by atoms with van der Waals surface area (Å²) in [6.45, 7) is 1.62. The number of aromatic amines is 1. The van der Waals surface area contributed by atoms with E-state index in [9.17, 15) is 14.0 Å². The first-order valence-electron chi connectivity index (χ1n) is 7.42. The highest BCUT2D eigenvalue weighted by Gasteiger charge is 2.23. The third-order valence-corrected chi connectivity index (χ3v) is 4.17. The van der Waals surface area contributed by atoms with Crippen LogP contribution in [0.15, 0.2) is 36.4 Å². The van der Waals surface area contributed by atoms with Crippen LogP contribution in [0.25, 0.3) is 10.9 Å². The third-order valence-electron chi connectivity index (χ3n) is 3.63. The lowest BCUT2D eigenvalue weighted by Crippen LogP contribution is -2.10. The number of ketones is 1. The molecule has 1 N–H and O–H groups in total.